The highest BCUT2D eigenvalue weighted by Gasteiger charge is 2.32. The molecule has 5 nitrogen and oxygen atoms in total. The highest BCUT2D eigenvalue weighted by atomic mass is 19.4. The van der Waals surface area contributed by atoms with E-state index in [4.69, 9.17) is 4.74 Å². The monoisotopic (exact) mass is 433 g/mol. The number of carbonyl (C=O) groups excluding carboxylic acids is 1. The number of fused-ring (bicyclic) bond motifs is 1. The van der Waals surface area contributed by atoms with E-state index in [9.17, 15) is 18.0 Å². The van der Waals surface area contributed by atoms with Gasteiger partial charge in [-0.2, -0.15) is 13.2 Å². The van der Waals surface area contributed by atoms with E-state index in [1.54, 1.807) is 6.92 Å². The Bertz CT molecular complexity index is 956. The normalized spacial score (nSPS) is 17.2. The molecule has 1 saturated heterocycles. The topological polar surface area (TPSA) is 53.6 Å². The first kappa shape index (κ1) is 21.5. The molecule has 0 aromatic heterocycles. The number of nitrogens with one attached hydrogen (secondary N) is 2. The van der Waals surface area contributed by atoms with Gasteiger partial charge in [0.1, 0.15) is 6.04 Å². The van der Waals surface area contributed by atoms with Crippen LogP contribution in [0.25, 0.3) is 0 Å². The Hall–Kier alpha value is -2.74. The lowest BCUT2D eigenvalue weighted by Crippen LogP contribution is -2.37. The highest BCUT2D eigenvalue weighted by molar-refractivity contribution is 5.99. The van der Waals surface area contributed by atoms with E-state index in [0.29, 0.717) is 32.0 Å². The third-order valence-electron chi connectivity index (χ3n) is 5.81. The fraction of sp³-hybridized carbons (Fsp3) is 0.435. The van der Waals surface area contributed by atoms with Crippen LogP contribution in [-0.4, -0.2) is 38.3 Å². The summed E-state index contributed by atoms with van der Waals surface area (Å²) in [6, 6.07) is 8.91. The number of hydrogen-bond donors (Lipinski definition) is 2. The number of nitrogens with zero attached hydrogens (tertiary/aromatic N) is 1. The summed E-state index contributed by atoms with van der Waals surface area (Å²) in [6.45, 7) is 3.79. The zero-order valence-electron chi connectivity index (χ0n) is 17.4. The number of aryl methyl sites for hydroxylation is 2. The van der Waals surface area contributed by atoms with Crippen molar-refractivity contribution in [1.29, 1.82) is 0 Å². The average Bonchev–Trinajstić information content (AvgIpc) is 3.21. The first-order chi connectivity index (χ1) is 14.8. The van der Waals surface area contributed by atoms with Gasteiger partial charge >= 0.3 is 6.18 Å². The van der Waals surface area contributed by atoms with Crippen LogP contribution in [0.4, 0.5) is 30.2 Å². The van der Waals surface area contributed by atoms with Gasteiger partial charge in [0.2, 0.25) is 5.91 Å². The van der Waals surface area contributed by atoms with Crippen molar-refractivity contribution >= 4 is 23.0 Å². The van der Waals surface area contributed by atoms with Crippen molar-refractivity contribution < 1.29 is 22.7 Å². The lowest BCUT2D eigenvalue weighted by molar-refractivity contribution is -0.137. The number of amides is 1. The molecule has 166 valence electrons. The Kier molecular flexibility index (Phi) is 6.09. The molecule has 0 radical (unpaired) electrons. The molecule has 1 aliphatic carbocycles. The van der Waals surface area contributed by atoms with Crippen LogP contribution in [0.2, 0.25) is 0 Å². The predicted octanol–water partition coefficient (Wildman–Crippen LogP) is 4.47. The van der Waals surface area contributed by atoms with Crippen LogP contribution in [0.3, 0.4) is 0 Å². The summed E-state index contributed by atoms with van der Waals surface area (Å²) < 4.78 is 45.2. The van der Waals surface area contributed by atoms with Crippen LogP contribution >= 0.6 is 0 Å². The average molecular weight is 433 g/mol. The molecule has 1 amide bonds. The third-order valence-corrected chi connectivity index (χ3v) is 5.81. The van der Waals surface area contributed by atoms with Crippen molar-refractivity contribution in [3.8, 4) is 0 Å². The minimum Gasteiger partial charge on any atom is -0.378 e. The van der Waals surface area contributed by atoms with Crippen molar-refractivity contribution in [2.45, 2.75) is 38.4 Å². The molecular weight excluding hydrogens is 407 g/mol. The van der Waals surface area contributed by atoms with Gasteiger partial charge in [-0.05, 0) is 67.6 Å². The van der Waals surface area contributed by atoms with Gasteiger partial charge in [0.25, 0.3) is 0 Å². The molecule has 4 rings (SSSR count). The molecule has 2 aliphatic rings. The summed E-state index contributed by atoms with van der Waals surface area (Å²) in [5, 5.41) is 5.88. The second-order valence-electron chi connectivity index (χ2n) is 8.02. The SMILES string of the molecule is C[C@@H](Nc1ccc2c(c1)CCC2)C(=O)Nc1cc(C(F)(F)F)ccc1N1CCOCC1. The largest absolute Gasteiger partial charge is 0.416 e. The molecule has 0 spiro atoms. The lowest BCUT2D eigenvalue weighted by atomic mass is 10.1. The molecule has 0 bridgehead atoms. The maximum Gasteiger partial charge on any atom is 0.416 e. The summed E-state index contributed by atoms with van der Waals surface area (Å²) in [6.07, 6.45) is -1.25. The van der Waals surface area contributed by atoms with Gasteiger partial charge < -0.3 is 20.3 Å². The van der Waals surface area contributed by atoms with Gasteiger partial charge in [0.15, 0.2) is 0 Å². The Balaban J connectivity index is 1.52. The summed E-state index contributed by atoms with van der Waals surface area (Å²) in [5.41, 5.74) is 3.38. The van der Waals surface area contributed by atoms with Crippen LogP contribution in [0, 0.1) is 0 Å². The molecule has 31 heavy (non-hydrogen) atoms. The van der Waals surface area contributed by atoms with Crippen molar-refractivity contribution in [3.63, 3.8) is 0 Å². The molecule has 2 aromatic carbocycles. The molecule has 1 fully saturated rings. The summed E-state index contributed by atoms with van der Waals surface area (Å²) >= 11 is 0. The van der Waals surface area contributed by atoms with E-state index in [1.165, 1.54) is 17.2 Å². The Morgan fingerprint density at radius 2 is 1.81 bits per heavy atom. The first-order valence-electron chi connectivity index (χ1n) is 10.5. The maximum absolute atomic E-state index is 13.3. The Morgan fingerprint density at radius 1 is 1.06 bits per heavy atom. The number of hydrogen-bond acceptors (Lipinski definition) is 4. The molecule has 0 unspecified atom stereocenters. The summed E-state index contributed by atoms with van der Waals surface area (Å²) in [5.74, 6) is -0.394. The second-order valence-corrected chi connectivity index (χ2v) is 8.02. The Morgan fingerprint density at radius 3 is 2.55 bits per heavy atom. The van der Waals surface area contributed by atoms with Crippen molar-refractivity contribution in [3.05, 3.63) is 53.1 Å². The number of anilines is 3. The highest BCUT2D eigenvalue weighted by Crippen LogP contribution is 2.36. The van der Waals surface area contributed by atoms with E-state index < -0.39 is 23.7 Å². The minimum absolute atomic E-state index is 0.157. The third kappa shape index (κ3) is 4.95. The van der Waals surface area contributed by atoms with Gasteiger partial charge in [-0.1, -0.05) is 6.07 Å². The van der Waals surface area contributed by atoms with Crippen molar-refractivity contribution in [2.24, 2.45) is 0 Å². The van der Waals surface area contributed by atoms with Crippen molar-refractivity contribution in [2.75, 3.05) is 41.8 Å². The summed E-state index contributed by atoms with van der Waals surface area (Å²) in [4.78, 5) is 14.8. The number of rotatable bonds is 5. The number of morpholine rings is 1. The molecule has 1 heterocycles. The van der Waals surface area contributed by atoms with Gasteiger partial charge in [0, 0.05) is 18.8 Å². The molecule has 0 saturated carbocycles. The van der Waals surface area contributed by atoms with E-state index in [2.05, 4.69) is 22.8 Å². The molecule has 8 heteroatoms. The molecule has 2 N–H and O–H groups in total. The molecule has 1 atom stereocenters. The van der Waals surface area contributed by atoms with E-state index in [1.807, 2.05) is 11.0 Å². The van der Waals surface area contributed by atoms with Gasteiger partial charge in [-0.25, -0.2) is 0 Å². The molecule has 1 aliphatic heterocycles. The second kappa shape index (κ2) is 8.78. The van der Waals surface area contributed by atoms with Crippen LogP contribution in [-0.2, 0) is 28.5 Å². The number of alkyl halides is 3. The zero-order chi connectivity index (χ0) is 22.0. The number of halogens is 3. The fourth-order valence-corrected chi connectivity index (χ4v) is 4.11. The predicted molar refractivity (Wildman–Crippen MR) is 115 cm³/mol. The standard InChI is InChI=1S/C23H26F3N3O2/c1-15(27-19-7-5-16-3-2-4-17(16)13-19)22(30)28-20-14-18(23(24,25)26)6-8-21(20)29-9-11-31-12-10-29/h5-8,13-15,27H,2-4,9-12H2,1H3,(H,28,30)/t15-/m1/s1. The van der Waals surface area contributed by atoms with Crippen LogP contribution in [0.1, 0.15) is 30.0 Å². The quantitative estimate of drug-likeness (QED) is 0.731. The van der Waals surface area contributed by atoms with E-state index in [-0.39, 0.29) is 5.69 Å². The minimum atomic E-state index is -4.49. The maximum atomic E-state index is 13.3. The number of carbonyl (C=O) groups is 1. The smallest absolute Gasteiger partial charge is 0.378 e. The van der Waals surface area contributed by atoms with Gasteiger partial charge in [-0.3, -0.25) is 4.79 Å². The van der Waals surface area contributed by atoms with Crippen LogP contribution < -0.4 is 15.5 Å². The van der Waals surface area contributed by atoms with Gasteiger partial charge in [-0.15, -0.1) is 0 Å². The number of benzene rings is 2. The first-order valence-corrected chi connectivity index (χ1v) is 10.5. The van der Waals surface area contributed by atoms with Crippen molar-refractivity contribution in [1.82, 2.24) is 0 Å². The molecule has 2 aromatic rings. The fourth-order valence-electron chi connectivity index (χ4n) is 4.11. The number of ether oxygens (including phenoxy) is 1. The van der Waals surface area contributed by atoms with E-state index in [0.717, 1.165) is 37.1 Å². The molecular formula is C23H26F3N3O2. The zero-order valence-corrected chi connectivity index (χ0v) is 17.4. The van der Waals surface area contributed by atoms with Crippen LogP contribution in [0.15, 0.2) is 36.4 Å². The Labute approximate surface area is 179 Å². The lowest BCUT2D eigenvalue weighted by Gasteiger charge is -2.31. The van der Waals surface area contributed by atoms with E-state index >= 15 is 0 Å². The summed E-state index contributed by atoms with van der Waals surface area (Å²) in [7, 11) is 0. The van der Waals surface area contributed by atoms with Gasteiger partial charge in [0.05, 0.1) is 30.2 Å². The van der Waals surface area contributed by atoms with Crippen LogP contribution in [0.5, 0.6) is 0 Å².